The van der Waals surface area contributed by atoms with Crippen molar-refractivity contribution in [1.82, 2.24) is 20.5 Å². The Morgan fingerprint density at radius 2 is 2.23 bits per heavy atom. The number of carbonyl (C=O) groups is 1. The smallest absolute Gasteiger partial charge is 0.230 e. The van der Waals surface area contributed by atoms with Gasteiger partial charge in [0.05, 0.1) is 11.8 Å². The van der Waals surface area contributed by atoms with Gasteiger partial charge in [0, 0.05) is 5.92 Å². The van der Waals surface area contributed by atoms with Crippen molar-refractivity contribution < 1.29 is 4.79 Å². The molecule has 2 N–H and O–H groups in total. The highest BCUT2D eigenvalue weighted by Gasteiger charge is 2.27. The van der Waals surface area contributed by atoms with Crippen LogP contribution in [0, 0.1) is 6.92 Å². The molecule has 22 heavy (non-hydrogen) atoms. The van der Waals surface area contributed by atoms with Gasteiger partial charge in [0.25, 0.3) is 0 Å². The minimum absolute atomic E-state index is 0.00137. The van der Waals surface area contributed by atoms with Crippen LogP contribution in [0.5, 0.6) is 0 Å². The summed E-state index contributed by atoms with van der Waals surface area (Å²) in [6.07, 6.45) is 2.38. The number of thioether (sulfide) groups is 1. The molecular weight excluding hydrogens is 296 g/mol. The fourth-order valence-corrected chi connectivity index (χ4v) is 3.04. The Balaban J connectivity index is 1.50. The summed E-state index contributed by atoms with van der Waals surface area (Å²) >= 11 is 1.37. The van der Waals surface area contributed by atoms with Crippen LogP contribution in [0.15, 0.2) is 29.4 Å². The van der Waals surface area contributed by atoms with Gasteiger partial charge in [-0.3, -0.25) is 9.89 Å². The monoisotopic (exact) mass is 316 g/mol. The topological polar surface area (TPSA) is 70.7 Å². The average molecular weight is 316 g/mol. The highest BCUT2D eigenvalue weighted by molar-refractivity contribution is 7.99. The lowest BCUT2D eigenvalue weighted by Crippen LogP contribution is -2.28. The third kappa shape index (κ3) is 3.68. The van der Waals surface area contributed by atoms with Crippen LogP contribution in [0.1, 0.15) is 48.7 Å². The lowest BCUT2D eigenvalue weighted by Gasteiger charge is -2.16. The van der Waals surface area contributed by atoms with E-state index in [0.717, 1.165) is 11.4 Å². The number of rotatable bonds is 6. The molecule has 116 valence electrons. The Morgan fingerprint density at radius 3 is 2.95 bits per heavy atom. The Morgan fingerprint density at radius 1 is 1.45 bits per heavy atom. The number of hydrogen-bond donors (Lipinski definition) is 2. The Labute approximate surface area is 134 Å². The number of amides is 1. The third-order valence-electron chi connectivity index (χ3n) is 3.81. The second kappa shape index (κ2) is 6.52. The summed E-state index contributed by atoms with van der Waals surface area (Å²) in [5, 5.41) is 10.8. The maximum atomic E-state index is 12.1. The van der Waals surface area contributed by atoms with Gasteiger partial charge in [-0.2, -0.15) is 0 Å². The summed E-state index contributed by atoms with van der Waals surface area (Å²) in [5.41, 5.74) is 2.33. The van der Waals surface area contributed by atoms with E-state index in [1.807, 2.05) is 25.1 Å². The van der Waals surface area contributed by atoms with E-state index < -0.39 is 0 Å². The fraction of sp³-hybridized carbons (Fsp3) is 0.438. The molecule has 5 nitrogen and oxygen atoms in total. The van der Waals surface area contributed by atoms with Crippen LogP contribution in [0.25, 0.3) is 0 Å². The maximum Gasteiger partial charge on any atom is 0.230 e. The van der Waals surface area contributed by atoms with Gasteiger partial charge in [-0.05, 0) is 37.8 Å². The summed E-state index contributed by atoms with van der Waals surface area (Å²) in [5.74, 6) is 1.84. The van der Waals surface area contributed by atoms with Crippen LogP contribution in [-0.4, -0.2) is 26.8 Å². The number of hydrogen-bond acceptors (Lipinski definition) is 4. The van der Waals surface area contributed by atoms with Gasteiger partial charge in [0.2, 0.25) is 11.1 Å². The van der Waals surface area contributed by atoms with Gasteiger partial charge in [-0.25, -0.2) is 4.98 Å². The largest absolute Gasteiger partial charge is 0.349 e. The van der Waals surface area contributed by atoms with Crippen molar-refractivity contribution in [2.24, 2.45) is 0 Å². The van der Waals surface area contributed by atoms with Gasteiger partial charge in [0.1, 0.15) is 5.82 Å². The number of carbonyl (C=O) groups excluding carboxylic acids is 1. The van der Waals surface area contributed by atoms with Crippen LogP contribution in [0.4, 0.5) is 0 Å². The first-order chi connectivity index (χ1) is 10.6. The fourth-order valence-electron chi connectivity index (χ4n) is 2.43. The molecule has 1 amide bonds. The molecule has 0 aliphatic heterocycles. The normalized spacial score (nSPS) is 15.5. The molecular formula is C16H20N4OS. The summed E-state index contributed by atoms with van der Waals surface area (Å²) in [7, 11) is 0. The van der Waals surface area contributed by atoms with E-state index in [-0.39, 0.29) is 11.9 Å². The number of aryl methyl sites for hydroxylation is 1. The summed E-state index contributed by atoms with van der Waals surface area (Å²) in [4.78, 5) is 16.5. The molecule has 6 heteroatoms. The van der Waals surface area contributed by atoms with E-state index >= 15 is 0 Å². The highest BCUT2D eigenvalue weighted by atomic mass is 32.2. The molecule has 1 atom stereocenters. The standard InChI is InChI=1S/C16H20N4OS/c1-10-5-3-4-6-13(10)11(2)17-14(21)9-22-16-18-15(19-20-16)12-7-8-12/h3-6,11-12H,7-9H2,1-2H3,(H,17,21)(H,18,19,20). The SMILES string of the molecule is Cc1ccccc1C(C)NC(=O)CSc1n[nH]c(C2CC2)n1. The molecule has 0 spiro atoms. The molecule has 1 aromatic carbocycles. The van der Waals surface area contributed by atoms with Crippen LogP contribution < -0.4 is 5.32 Å². The maximum absolute atomic E-state index is 12.1. The number of H-pyrrole nitrogens is 1. The van der Waals surface area contributed by atoms with E-state index in [0.29, 0.717) is 16.8 Å². The summed E-state index contributed by atoms with van der Waals surface area (Å²) < 4.78 is 0. The lowest BCUT2D eigenvalue weighted by molar-refractivity contribution is -0.119. The van der Waals surface area contributed by atoms with Gasteiger partial charge in [0.15, 0.2) is 0 Å². The van der Waals surface area contributed by atoms with Crippen LogP contribution in [-0.2, 0) is 4.79 Å². The van der Waals surface area contributed by atoms with Gasteiger partial charge in [-0.1, -0.05) is 36.0 Å². The molecule has 0 saturated heterocycles. The molecule has 1 aromatic heterocycles. The van der Waals surface area contributed by atoms with Crippen LogP contribution >= 0.6 is 11.8 Å². The number of nitrogens with zero attached hydrogens (tertiary/aromatic N) is 2. The first-order valence-corrected chi connectivity index (χ1v) is 8.52. The molecule has 1 fully saturated rings. The van der Waals surface area contributed by atoms with Crippen molar-refractivity contribution in [3.63, 3.8) is 0 Å². The number of nitrogens with one attached hydrogen (secondary N) is 2. The molecule has 1 aliphatic carbocycles. The molecule has 0 radical (unpaired) electrons. The zero-order valence-corrected chi connectivity index (χ0v) is 13.6. The van der Waals surface area contributed by atoms with Gasteiger partial charge < -0.3 is 5.32 Å². The predicted molar refractivity (Wildman–Crippen MR) is 86.8 cm³/mol. The third-order valence-corrected chi connectivity index (χ3v) is 4.66. The molecule has 1 aliphatic rings. The van der Waals surface area contributed by atoms with Gasteiger partial charge in [-0.15, -0.1) is 5.10 Å². The van der Waals surface area contributed by atoms with Crippen molar-refractivity contribution in [3.05, 3.63) is 41.2 Å². The minimum atomic E-state index is -0.00137. The minimum Gasteiger partial charge on any atom is -0.349 e. The van der Waals surface area contributed by atoms with Crippen molar-refractivity contribution in [2.75, 3.05) is 5.75 Å². The van der Waals surface area contributed by atoms with Crippen molar-refractivity contribution in [1.29, 1.82) is 0 Å². The number of benzene rings is 1. The van der Waals surface area contributed by atoms with Crippen LogP contribution in [0.2, 0.25) is 0 Å². The Bertz CT molecular complexity index is 666. The first kappa shape index (κ1) is 15.1. The van der Waals surface area contributed by atoms with Crippen LogP contribution in [0.3, 0.4) is 0 Å². The molecule has 3 rings (SSSR count). The second-order valence-electron chi connectivity index (χ2n) is 5.71. The zero-order chi connectivity index (χ0) is 15.5. The first-order valence-electron chi connectivity index (χ1n) is 7.53. The van der Waals surface area contributed by atoms with E-state index in [1.165, 1.54) is 30.2 Å². The van der Waals surface area contributed by atoms with Crippen molar-refractivity contribution >= 4 is 17.7 Å². The molecule has 1 unspecified atom stereocenters. The summed E-state index contributed by atoms with van der Waals surface area (Å²) in [6, 6.07) is 8.10. The number of aromatic nitrogens is 3. The number of aromatic amines is 1. The van der Waals surface area contributed by atoms with Crippen molar-refractivity contribution in [2.45, 2.75) is 43.8 Å². The van der Waals surface area contributed by atoms with E-state index in [4.69, 9.17) is 0 Å². The van der Waals surface area contributed by atoms with E-state index in [2.05, 4.69) is 33.5 Å². The quantitative estimate of drug-likeness (QED) is 0.804. The molecule has 2 aromatic rings. The Hall–Kier alpha value is -1.82. The molecule has 0 bridgehead atoms. The van der Waals surface area contributed by atoms with E-state index in [9.17, 15) is 4.79 Å². The zero-order valence-electron chi connectivity index (χ0n) is 12.8. The Kier molecular flexibility index (Phi) is 4.47. The average Bonchev–Trinajstić information content (AvgIpc) is 3.24. The predicted octanol–water partition coefficient (Wildman–Crippen LogP) is 2.96. The lowest BCUT2D eigenvalue weighted by atomic mass is 10.0. The molecule has 1 heterocycles. The highest BCUT2D eigenvalue weighted by Crippen LogP contribution is 2.38. The summed E-state index contributed by atoms with van der Waals surface area (Å²) in [6.45, 7) is 4.06. The van der Waals surface area contributed by atoms with Crippen molar-refractivity contribution in [3.8, 4) is 0 Å². The van der Waals surface area contributed by atoms with Gasteiger partial charge >= 0.3 is 0 Å². The molecule has 1 saturated carbocycles. The second-order valence-corrected chi connectivity index (χ2v) is 6.65. The van der Waals surface area contributed by atoms with E-state index in [1.54, 1.807) is 0 Å².